The zero-order valence-electron chi connectivity index (χ0n) is 18.0. The molecule has 0 atom stereocenters. The fourth-order valence-corrected chi connectivity index (χ4v) is 3.09. The quantitative estimate of drug-likeness (QED) is 0.492. The normalized spacial score (nSPS) is 12.2. The first kappa shape index (κ1) is 24.4. The van der Waals surface area contributed by atoms with Gasteiger partial charge in [0.2, 0.25) is 12.3 Å². The van der Waals surface area contributed by atoms with Crippen molar-refractivity contribution in [1.82, 2.24) is 10.2 Å². The second-order valence-electron chi connectivity index (χ2n) is 7.25. The Morgan fingerprint density at radius 3 is 2.22 bits per heavy atom. The molecular formula is C23H28N4O5. The summed E-state index contributed by atoms with van der Waals surface area (Å²) in [5.74, 6) is -0.859. The Hall–Kier alpha value is -3.88. The van der Waals surface area contributed by atoms with E-state index in [2.05, 4.69) is 10.6 Å². The van der Waals surface area contributed by atoms with Gasteiger partial charge in [0.25, 0.3) is 0 Å². The number of aryl methyl sites for hydroxylation is 1. The van der Waals surface area contributed by atoms with E-state index in [9.17, 15) is 19.2 Å². The highest BCUT2D eigenvalue weighted by molar-refractivity contribution is 6.00. The lowest BCUT2D eigenvalue weighted by atomic mass is 10.1. The fourth-order valence-electron chi connectivity index (χ4n) is 3.09. The fraction of sp³-hybridized carbons (Fsp3) is 0.304. The Kier molecular flexibility index (Phi) is 9.70. The number of urea groups is 1. The van der Waals surface area contributed by atoms with E-state index >= 15 is 0 Å². The largest absolute Gasteiger partial charge is 0.480 e. The van der Waals surface area contributed by atoms with Crippen molar-refractivity contribution in [2.45, 2.75) is 26.2 Å². The highest BCUT2D eigenvalue weighted by Crippen LogP contribution is 2.16. The average Bonchev–Trinajstić information content (AvgIpc) is 3.31. The van der Waals surface area contributed by atoms with Crippen molar-refractivity contribution in [2.75, 3.05) is 30.3 Å². The summed E-state index contributed by atoms with van der Waals surface area (Å²) in [5.41, 5.74) is 3.45. The second kappa shape index (κ2) is 12.7. The number of benzene rings is 2. The molecule has 9 heteroatoms. The number of hydrogen-bond acceptors (Lipinski definition) is 4. The zero-order chi connectivity index (χ0) is 23.3. The molecule has 4 N–H and O–H groups in total. The SMILES string of the molecule is Cc1ccccc1NC(=O)Nc1ccc(CC(=O)N2CCCC2)cc1.O=CNCC(=O)O. The van der Waals surface area contributed by atoms with Crippen molar-refractivity contribution in [3.63, 3.8) is 0 Å². The van der Waals surface area contributed by atoms with Gasteiger partial charge in [-0.2, -0.15) is 0 Å². The summed E-state index contributed by atoms with van der Waals surface area (Å²) in [6.07, 6.45) is 2.96. The third kappa shape index (κ3) is 8.47. The number of para-hydroxylation sites is 1. The molecule has 1 fully saturated rings. The molecule has 0 bridgehead atoms. The summed E-state index contributed by atoms with van der Waals surface area (Å²) in [5, 5.41) is 15.4. The topological polar surface area (TPSA) is 128 Å². The van der Waals surface area contributed by atoms with Crippen molar-refractivity contribution in [3.05, 3.63) is 59.7 Å². The second-order valence-corrected chi connectivity index (χ2v) is 7.25. The standard InChI is InChI=1S/C20H23N3O2.C3H5NO3/c1-15-6-2-3-7-18(15)22-20(25)21-17-10-8-16(9-11-17)14-19(24)23-12-4-5-13-23;5-2-4-1-3(6)7/h2-3,6-11H,4-5,12-14H2,1H3,(H2,21,22,25);2H,1H2,(H,4,5)(H,6,7). The minimum atomic E-state index is -1.04. The van der Waals surface area contributed by atoms with E-state index in [0.717, 1.165) is 42.7 Å². The van der Waals surface area contributed by atoms with Gasteiger partial charge in [0, 0.05) is 24.5 Å². The van der Waals surface area contributed by atoms with E-state index in [0.29, 0.717) is 18.5 Å². The summed E-state index contributed by atoms with van der Waals surface area (Å²) < 4.78 is 0. The van der Waals surface area contributed by atoms with E-state index in [4.69, 9.17) is 5.11 Å². The number of carbonyl (C=O) groups is 4. The lowest BCUT2D eigenvalue weighted by molar-refractivity contribution is -0.136. The van der Waals surface area contributed by atoms with Crippen LogP contribution in [0, 0.1) is 6.92 Å². The molecule has 0 unspecified atom stereocenters. The van der Waals surface area contributed by atoms with Gasteiger partial charge >= 0.3 is 12.0 Å². The maximum Gasteiger partial charge on any atom is 0.323 e. The number of anilines is 2. The molecule has 1 aliphatic rings. The highest BCUT2D eigenvalue weighted by atomic mass is 16.4. The molecule has 9 nitrogen and oxygen atoms in total. The van der Waals surface area contributed by atoms with Crippen LogP contribution in [-0.4, -0.2) is 54.0 Å². The predicted octanol–water partition coefficient (Wildman–Crippen LogP) is 2.62. The molecule has 2 aromatic carbocycles. The summed E-state index contributed by atoms with van der Waals surface area (Å²) in [7, 11) is 0. The number of likely N-dealkylation sites (tertiary alicyclic amines) is 1. The number of carboxylic acid groups (broad SMARTS) is 1. The molecule has 32 heavy (non-hydrogen) atoms. The first-order valence-electron chi connectivity index (χ1n) is 10.3. The number of rotatable bonds is 7. The molecule has 0 radical (unpaired) electrons. The lowest BCUT2D eigenvalue weighted by Crippen LogP contribution is -2.29. The molecule has 1 saturated heterocycles. The minimum Gasteiger partial charge on any atom is -0.480 e. The highest BCUT2D eigenvalue weighted by Gasteiger charge is 2.17. The van der Waals surface area contributed by atoms with Crippen LogP contribution in [0.3, 0.4) is 0 Å². The smallest absolute Gasteiger partial charge is 0.323 e. The lowest BCUT2D eigenvalue weighted by Gasteiger charge is -2.15. The Labute approximate surface area is 186 Å². The van der Waals surface area contributed by atoms with Gasteiger partial charge in [-0.05, 0) is 49.1 Å². The van der Waals surface area contributed by atoms with E-state index in [-0.39, 0.29) is 18.5 Å². The minimum absolute atomic E-state index is 0.176. The van der Waals surface area contributed by atoms with Crippen LogP contribution in [0.4, 0.5) is 16.2 Å². The number of nitrogens with one attached hydrogen (secondary N) is 3. The van der Waals surface area contributed by atoms with Gasteiger partial charge in [0.05, 0.1) is 6.42 Å². The van der Waals surface area contributed by atoms with Crippen LogP contribution >= 0.6 is 0 Å². The van der Waals surface area contributed by atoms with Gasteiger partial charge in [-0.3, -0.25) is 14.4 Å². The Morgan fingerprint density at radius 2 is 1.66 bits per heavy atom. The van der Waals surface area contributed by atoms with Gasteiger partial charge in [0.15, 0.2) is 0 Å². The summed E-state index contributed by atoms with van der Waals surface area (Å²) in [6.45, 7) is 3.39. The number of nitrogens with zero attached hydrogens (tertiary/aromatic N) is 1. The molecule has 170 valence electrons. The summed E-state index contributed by atoms with van der Waals surface area (Å²) in [6, 6.07) is 14.8. The van der Waals surface area contributed by atoms with Crippen molar-refractivity contribution in [3.8, 4) is 0 Å². The van der Waals surface area contributed by atoms with E-state index < -0.39 is 5.97 Å². The van der Waals surface area contributed by atoms with E-state index in [1.54, 1.807) is 0 Å². The molecule has 0 aliphatic carbocycles. The van der Waals surface area contributed by atoms with E-state index in [1.807, 2.05) is 65.7 Å². The molecule has 0 saturated carbocycles. The average molecular weight is 441 g/mol. The number of hydrogen-bond donors (Lipinski definition) is 4. The van der Waals surface area contributed by atoms with Crippen LogP contribution in [0.25, 0.3) is 0 Å². The maximum atomic E-state index is 12.2. The van der Waals surface area contributed by atoms with Crippen molar-refractivity contribution in [1.29, 1.82) is 0 Å². The van der Waals surface area contributed by atoms with Crippen LogP contribution in [0.5, 0.6) is 0 Å². The van der Waals surface area contributed by atoms with E-state index in [1.165, 1.54) is 0 Å². The monoisotopic (exact) mass is 440 g/mol. The van der Waals surface area contributed by atoms with Crippen molar-refractivity contribution < 1.29 is 24.3 Å². The molecule has 2 aromatic rings. The predicted molar refractivity (Wildman–Crippen MR) is 121 cm³/mol. The van der Waals surface area contributed by atoms with Gasteiger partial charge in [-0.1, -0.05) is 30.3 Å². The molecule has 0 aromatic heterocycles. The number of carbonyl (C=O) groups excluding carboxylic acids is 3. The van der Waals surface area contributed by atoms with Gasteiger partial charge in [-0.15, -0.1) is 0 Å². The Balaban J connectivity index is 0.000000451. The third-order valence-corrected chi connectivity index (χ3v) is 4.76. The first-order chi connectivity index (χ1) is 15.4. The Bertz CT molecular complexity index is 924. The summed E-state index contributed by atoms with van der Waals surface area (Å²) >= 11 is 0. The van der Waals surface area contributed by atoms with Crippen molar-refractivity contribution >= 4 is 35.7 Å². The van der Waals surface area contributed by atoms with Gasteiger partial charge in [0.1, 0.15) is 6.54 Å². The molecule has 1 heterocycles. The third-order valence-electron chi connectivity index (χ3n) is 4.76. The van der Waals surface area contributed by atoms with Gasteiger partial charge in [-0.25, -0.2) is 4.79 Å². The number of aliphatic carboxylic acids is 1. The maximum absolute atomic E-state index is 12.2. The van der Waals surface area contributed by atoms with Crippen LogP contribution in [-0.2, 0) is 20.8 Å². The molecule has 0 spiro atoms. The first-order valence-corrected chi connectivity index (χ1v) is 10.3. The van der Waals surface area contributed by atoms with Crippen LogP contribution < -0.4 is 16.0 Å². The summed E-state index contributed by atoms with van der Waals surface area (Å²) in [4.78, 5) is 45.0. The molecule has 4 amide bonds. The molecule has 3 rings (SSSR count). The Morgan fingerprint density at radius 1 is 1.00 bits per heavy atom. The van der Waals surface area contributed by atoms with Crippen LogP contribution in [0.15, 0.2) is 48.5 Å². The number of carboxylic acids is 1. The van der Waals surface area contributed by atoms with Crippen LogP contribution in [0.1, 0.15) is 24.0 Å². The van der Waals surface area contributed by atoms with Crippen molar-refractivity contribution in [2.24, 2.45) is 0 Å². The molecule has 1 aliphatic heterocycles. The number of amides is 4. The van der Waals surface area contributed by atoms with Crippen LogP contribution in [0.2, 0.25) is 0 Å². The zero-order valence-corrected chi connectivity index (χ0v) is 18.0. The van der Waals surface area contributed by atoms with Gasteiger partial charge < -0.3 is 26.0 Å². The molecular weight excluding hydrogens is 412 g/mol.